The number of hydrogen-bond acceptors (Lipinski definition) is 5. The fourth-order valence-electron chi connectivity index (χ4n) is 3.97. The number of piperidine rings is 1. The van der Waals surface area contributed by atoms with Crippen LogP contribution in [-0.2, 0) is 4.74 Å². The second-order valence-electron chi connectivity index (χ2n) is 9.12. The first-order chi connectivity index (χ1) is 14.8. The van der Waals surface area contributed by atoms with Gasteiger partial charge in [-0.15, -0.1) is 24.0 Å². The Morgan fingerprint density at radius 1 is 1.16 bits per heavy atom. The normalized spacial score (nSPS) is 19.9. The summed E-state index contributed by atoms with van der Waals surface area (Å²) in [6, 6.07) is 3.42. The van der Waals surface area contributed by atoms with Gasteiger partial charge in [-0.05, 0) is 51.7 Å². The van der Waals surface area contributed by atoms with Gasteiger partial charge in [-0.25, -0.2) is 4.79 Å². The van der Waals surface area contributed by atoms with E-state index in [1.807, 2.05) is 30.6 Å². The van der Waals surface area contributed by atoms with Crippen LogP contribution in [-0.4, -0.2) is 91.1 Å². The van der Waals surface area contributed by atoms with Crippen molar-refractivity contribution in [2.24, 2.45) is 10.9 Å². The molecule has 2 aliphatic heterocycles. The van der Waals surface area contributed by atoms with E-state index in [0.29, 0.717) is 44.4 Å². The minimum Gasteiger partial charge on any atom is -0.459 e. The van der Waals surface area contributed by atoms with Gasteiger partial charge in [0.05, 0.1) is 6.26 Å². The largest absolute Gasteiger partial charge is 0.459 e. The molecule has 32 heavy (non-hydrogen) atoms. The van der Waals surface area contributed by atoms with Crippen molar-refractivity contribution in [3.8, 4) is 0 Å². The second-order valence-corrected chi connectivity index (χ2v) is 9.12. The van der Waals surface area contributed by atoms with Gasteiger partial charge in [0.25, 0.3) is 5.91 Å². The van der Waals surface area contributed by atoms with Gasteiger partial charge in [-0.3, -0.25) is 9.79 Å². The monoisotopic (exact) mass is 561 g/mol. The number of carbonyl (C=O) groups is 2. The molecule has 1 N–H and O–H groups in total. The molecule has 0 bridgehead atoms. The Morgan fingerprint density at radius 3 is 2.44 bits per heavy atom. The van der Waals surface area contributed by atoms with Crippen molar-refractivity contribution in [2.75, 3.05) is 52.9 Å². The molecule has 1 unspecified atom stereocenters. The molecule has 1 aromatic rings. The molecule has 1 aromatic heterocycles. The molecule has 1 atom stereocenters. The first kappa shape index (κ1) is 26.3. The van der Waals surface area contributed by atoms with Crippen molar-refractivity contribution in [3.05, 3.63) is 24.2 Å². The number of nitrogens with one attached hydrogen (secondary N) is 1. The summed E-state index contributed by atoms with van der Waals surface area (Å²) < 4.78 is 10.7. The standard InChI is InChI=1S/C22H35N5O4.HI/c1-22(2,3)31-21(29)27-9-5-7-17(16-27)15-24-20(23-4)26-12-10-25(11-13-26)19(28)18-8-6-14-30-18;/h6,8,14,17H,5,7,9-13,15-16H2,1-4H3,(H,23,24);1H. The van der Waals surface area contributed by atoms with Crippen LogP contribution in [0.4, 0.5) is 4.79 Å². The number of furan rings is 1. The molecule has 0 radical (unpaired) electrons. The fraction of sp³-hybridized carbons (Fsp3) is 0.682. The third-order valence-electron chi connectivity index (χ3n) is 5.53. The van der Waals surface area contributed by atoms with Gasteiger partial charge in [0.1, 0.15) is 5.60 Å². The number of piperazine rings is 1. The lowest BCUT2D eigenvalue weighted by Crippen LogP contribution is -2.54. The Bertz CT molecular complexity index is 770. The lowest BCUT2D eigenvalue weighted by molar-refractivity contribution is 0.0168. The number of carbonyl (C=O) groups excluding carboxylic acids is 2. The van der Waals surface area contributed by atoms with Crippen molar-refractivity contribution < 1.29 is 18.7 Å². The highest BCUT2D eigenvalue weighted by Crippen LogP contribution is 2.19. The summed E-state index contributed by atoms with van der Waals surface area (Å²) >= 11 is 0. The van der Waals surface area contributed by atoms with Crippen LogP contribution in [0.15, 0.2) is 27.8 Å². The van der Waals surface area contributed by atoms with Crippen molar-refractivity contribution in [3.63, 3.8) is 0 Å². The maximum Gasteiger partial charge on any atom is 0.410 e. The fourth-order valence-corrected chi connectivity index (χ4v) is 3.97. The minimum absolute atomic E-state index is 0. The van der Waals surface area contributed by atoms with Gasteiger partial charge in [0.15, 0.2) is 11.7 Å². The predicted octanol–water partition coefficient (Wildman–Crippen LogP) is 2.88. The lowest BCUT2D eigenvalue weighted by atomic mass is 9.98. The number of rotatable bonds is 3. The number of amides is 2. The number of aliphatic imine (C=N–C) groups is 1. The second kappa shape index (κ2) is 11.8. The van der Waals surface area contributed by atoms with Gasteiger partial charge in [-0.2, -0.15) is 0 Å². The average molecular weight is 561 g/mol. The first-order valence-electron chi connectivity index (χ1n) is 11.0. The van der Waals surface area contributed by atoms with Crippen LogP contribution in [0.5, 0.6) is 0 Å². The Morgan fingerprint density at radius 2 is 1.84 bits per heavy atom. The summed E-state index contributed by atoms with van der Waals surface area (Å²) in [6.45, 7) is 10.5. The van der Waals surface area contributed by atoms with Crippen LogP contribution in [0.1, 0.15) is 44.2 Å². The quantitative estimate of drug-likeness (QED) is 0.347. The summed E-state index contributed by atoms with van der Waals surface area (Å²) in [5.41, 5.74) is -0.481. The molecule has 0 spiro atoms. The molecule has 9 nitrogen and oxygen atoms in total. The molecule has 2 amide bonds. The summed E-state index contributed by atoms with van der Waals surface area (Å²) in [5, 5.41) is 3.46. The van der Waals surface area contributed by atoms with Gasteiger partial charge in [-0.1, -0.05) is 0 Å². The summed E-state index contributed by atoms with van der Waals surface area (Å²) in [6.07, 6.45) is 3.32. The van der Waals surface area contributed by atoms with E-state index in [-0.39, 0.29) is 36.0 Å². The molecular formula is C22H36IN5O4. The van der Waals surface area contributed by atoms with Gasteiger partial charge < -0.3 is 29.2 Å². The van der Waals surface area contributed by atoms with Crippen LogP contribution in [0.3, 0.4) is 0 Å². The summed E-state index contributed by atoms with van der Waals surface area (Å²) in [4.78, 5) is 35.0. The van der Waals surface area contributed by atoms with E-state index in [9.17, 15) is 9.59 Å². The molecule has 0 aromatic carbocycles. The maximum atomic E-state index is 12.4. The molecule has 2 saturated heterocycles. The zero-order chi connectivity index (χ0) is 22.4. The molecule has 0 aliphatic carbocycles. The lowest BCUT2D eigenvalue weighted by Gasteiger charge is -2.37. The molecular weight excluding hydrogens is 525 g/mol. The molecule has 10 heteroatoms. The number of hydrogen-bond donors (Lipinski definition) is 1. The van der Waals surface area contributed by atoms with Crippen molar-refractivity contribution in [1.82, 2.24) is 20.0 Å². The highest BCUT2D eigenvalue weighted by molar-refractivity contribution is 14.0. The van der Waals surface area contributed by atoms with E-state index >= 15 is 0 Å². The Balaban J connectivity index is 0.00000363. The molecule has 2 aliphatic rings. The van der Waals surface area contributed by atoms with E-state index in [1.54, 1.807) is 19.2 Å². The minimum atomic E-state index is -0.481. The van der Waals surface area contributed by atoms with E-state index in [1.165, 1.54) is 6.26 Å². The van der Waals surface area contributed by atoms with Crippen molar-refractivity contribution in [1.29, 1.82) is 0 Å². The smallest absolute Gasteiger partial charge is 0.410 e. The number of likely N-dealkylation sites (tertiary alicyclic amines) is 1. The van der Waals surface area contributed by atoms with Crippen LogP contribution in [0.2, 0.25) is 0 Å². The van der Waals surface area contributed by atoms with E-state index in [0.717, 1.165) is 31.9 Å². The van der Waals surface area contributed by atoms with Crippen molar-refractivity contribution >= 4 is 41.9 Å². The first-order valence-corrected chi connectivity index (χ1v) is 11.0. The van der Waals surface area contributed by atoms with Gasteiger partial charge in [0, 0.05) is 52.9 Å². The average Bonchev–Trinajstić information content (AvgIpc) is 3.28. The Hall–Kier alpha value is -1.98. The Labute approximate surface area is 207 Å². The van der Waals surface area contributed by atoms with Crippen LogP contribution >= 0.6 is 24.0 Å². The highest BCUT2D eigenvalue weighted by Gasteiger charge is 2.29. The van der Waals surface area contributed by atoms with Gasteiger partial charge in [0.2, 0.25) is 0 Å². The Kier molecular flexibility index (Phi) is 9.65. The third-order valence-corrected chi connectivity index (χ3v) is 5.53. The number of ether oxygens (including phenoxy) is 1. The van der Waals surface area contributed by atoms with Crippen LogP contribution in [0, 0.1) is 5.92 Å². The maximum absolute atomic E-state index is 12.4. The van der Waals surface area contributed by atoms with Crippen LogP contribution in [0.25, 0.3) is 0 Å². The zero-order valence-corrected chi connectivity index (χ0v) is 21.8. The van der Waals surface area contributed by atoms with E-state index in [2.05, 4.69) is 15.2 Å². The number of nitrogens with zero attached hydrogens (tertiary/aromatic N) is 4. The molecule has 2 fully saturated rings. The van der Waals surface area contributed by atoms with Crippen LogP contribution < -0.4 is 5.32 Å². The molecule has 0 saturated carbocycles. The molecule has 3 heterocycles. The number of guanidine groups is 1. The summed E-state index contributed by atoms with van der Waals surface area (Å²) in [5.74, 6) is 1.49. The molecule has 180 valence electrons. The van der Waals surface area contributed by atoms with Crippen molar-refractivity contribution in [2.45, 2.75) is 39.2 Å². The zero-order valence-electron chi connectivity index (χ0n) is 19.5. The van der Waals surface area contributed by atoms with Gasteiger partial charge >= 0.3 is 6.09 Å². The highest BCUT2D eigenvalue weighted by atomic mass is 127. The third kappa shape index (κ3) is 7.28. The molecule has 3 rings (SSSR count). The van der Waals surface area contributed by atoms with E-state index in [4.69, 9.17) is 9.15 Å². The topological polar surface area (TPSA) is 90.6 Å². The summed E-state index contributed by atoms with van der Waals surface area (Å²) in [7, 11) is 1.77. The van der Waals surface area contributed by atoms with E-state index < -0.39 is 5.60 Å². The predicted molar refractivity (Wildman–Crippen MR) is 133 cm³/mol. The number of halogens is 1. The SMILES string of the molecule is CN=C(NCC1CCCN(C(=O)OC(C)(C)C)C1)N1CCN(C(=O)c2ccco2)CC1.I.